The Balaban J connectivity index is 1.87. The van der Waals surface area contributed by atoms with Gasteiger partial charge in [0.2, 0.25) is 5.91 Å². The van der Waals surface area contributed by atoms with Crippen molar-refractivity contribution < 1.29 is 18.8 Å². The van der Waals surface area contributed by atoms with E-state index in [2.05, 4.69) is 9.69 Å². The van der Waals surface area contributed by atoms with Crippen molar-refractivity contribution in [1.82, 2.24) is 9.69 Å². The van der Waals surface area contributed by atoms with E-state index >= 15 is 0 Å². The van der Waals surface area contributed by atoms with Gasteiger partial charge in [0.1, 0.15) is 17.2 Å². The van der Waals surface area contributed by atoms with Crippen molar-refractivity contribution in [1.29, 1.82) is 0 Å². The third kappa shape index (κ3) is 4.70. The fourth-order valence-corrected chi connectivity index (χ4v) is 4.11. The summed E-state index contributed by atoms with van der Waals surface area (Å²) in [5, 5.41) is 2.91. The van der Waals surface area contributed by atoms with Crippen molar-refractivity contribution in [3.05, 3.63) is 40.7 Å². The van der Waals surface area contributed by atoms with E-state index in [9.17, 15) is 18.8 Å². The minimum Gasteiger partial charge on any atom is -0.395 e. The van der Waals surface area contributed by atoms with Gasteiger partial charge in [-0.3, -0.25) is 19.3 Å². The molecule has 1 fully saturated rings. The molecular weight excluding hydrogens is 397 g/mol. The highest BCUT2D eigenvalue weighted by Crippen LogP contribution is 2.27. The number of carbonyl (C=O) groups is 3. The first-order chi connectivity index (χ1) is 13.9. The van der Waals surface area contributed by atoms with E-state index in [0.29, 0.717) is 11.5 Å². The first-order valence-electron chi connectivity index (χ1n) is 9.29. The summed E-state index contributed by atoms with van der Waals surface area (Å²) < 4.78 is 18.2. The van der Waals surface area contributed by atoms with E-state index in [-0.39, 0.29) is 34.5 Å². The van der Waals surface area contributed by atoms with E-state index in [0.717, 1.165) is 37.0 Å². The Morgan fingerprint density at radius 3 is 2.52 bits per heavy atom. The molecular formula is C19H22FN5O3S. The van der Waals surface area contributed by atoms with Crippen LogP contribution in [-0.4, -0.2) is 34.7 Å². The van der Waals surface area contributed by atoms with Crippen LogP contribution in [0.2, 0.25) is 0 Å². The maximum Gasteiger partial charge on any atom is 0.272 e. The van der Waals surface area contributed by atoms with E-state index in [4.69, 9.17) is 11.5 Å². The molecule has 0 unspecified atom stereocenters. The van der Waals surface area contributed by atoms with Gasteiger partial charge in [0.15, 0.2) is 5.69 Å². The summed E-state index contributed by atoms with van der Waals surface area (Å²) in [6, 6.07) is 5.68. The number of para-hydroxylation sites is 1. The molecule has 0 radical (unpaired) electrons. The first-order valence-corrected chi connectivity index (χ1v) is 10.1. The summed E-state index contributed by atoms with van der Waals surface area (Å²) in [6.45, 7) is -0.389. The fourth-order valence-electron chi connectivity index (χ4n) is 3.35. The largest absolute Gasteiger partial charge is 0.395 e. The molecule has 0 spiro atoms. The Kier molecular flexibility index (Phi) is 6.42. The smallest absolute Gasteiger partial charge is 0.272 e. The number of primary amides is 1. The molecule has 1 saturated carbocycles. The lowest BCUT2D eigenvalue weighted by atomic mass is 9.95. The molecule has 3 amide bonds. The molecule has 10 heteroatoms. The predicted octanol–water partition coefficient (Wildman–Crippen LogP) is 2.06. The number of halogens is 1. The lowest BCUT2D eigenvalue weighted by Gasteiger charge is -2.26. The number of hydrogen-bond acceptors (Lipinski definition) is 6. The Bertz CT molecular complexity index is 926. The van der Waals surface area contributed by atoms with Gasteiger partial charge in [-0.2, -0.15) is 4.37 Å². The molecule has 0 bridgehead atoms. The average Bonchev–Trinajstić information content (AvgIpc) is 3.09. The number of benzene rings is 1. The minimum atomic E-state index is -0.870. The molecule has 0 aliphatic heterocycles. The number of anilines is 2. The Morgan fingerprint density at radius 2 is 1.90 bits per heavy atom. The van der Waals surface area contributed by atoms with E-state index in [1.165, 1.54) is 18.2 Å². The van der Waals surface area contributed by atoms with Gasteiger partial charge >= 0.3 is 0 Å². The SMILES string of the molecule is NC(=O)c1nsc(C(=O)N(CC(=O)NC2CCCCC2)c2ccccc2F)c1N. The van der Waals surface area contributed by atoms with Gasteiger partial charge < -0.3 is 16.8 Å². The summed E-state index contributed by atoms with van der Waals surface area (Å²) in [7, 11) is 0. The quantitative estimate of drug-likeness (QED) is 0.659. The molecule has 0 atom stereocenters. The van der Waals surface area contributed by atoms with Crippen LogP contribution in [0, 0.1) is 5.82 Å². The highest BCUT2D eigenvalue weighted by atomic mass is 32.1. The van der Waals surface area contributed by atoms with Gasteiger partial charge in [-0.15, -0.1) is 0 Å². The van der Waals surface area contributed by atoms with Crippen molar-refractivity contribution in [3.8, 4) is 0 Å². The Labute approximate surface area is 171 Å². The van der Waals surface area contributed by atoms with Crippen LogP contribution in [0.5, 0.6) is 0 Å². The maximum absolute atomic E-state index is 14.4. The summed E-state index contributed by atoms with van der Waals surface area (Å²) >= 11 is 0.683. The molecule has 1 aromatic carbocycles. The zero-order valence-electron chi connectivity index (χ0n) is 15.7. The van der Waals surface area contributed by atoms with Crippen molar-refractivity contribution in [2.45, 2.75) is 38.1 Å². The zero-order valence-corrected chi connectivity index (χ0v) is 16.5. The predicted molar refractivity (Wildman–Crippen MR) is 108 cm³/mol. The van der Waals surface area contributed by atoms with Crippen molar-refractivity contribution >= 4 is 40.6 Å². The van der Waals surface area contributed by atoms with Crippen LogP contribution in [0.25, 0.3) is 0 Å². The molecule has 1 aliphatic rings. The minimum absolute atomic E-state index is 0.0451. The summed E-state index contributed by atoms with van der Waals surface area (Å²) in [4.78, 5) is 38.0. The summed E-state index contributed by atoms with van der Waals surface area (Å²) in [6.07, 6.45) is 4.97. The molecule has 29 heavy (non-hydrogen) atoms. The number of nitrogens with zero attached hydrogens (tertiary/aromatic N) is 2. The number of nitrogens with two attached hydrogens (primary N) is 2. The lowest BCUT2D eigenvalue weighted by Crippen LogP contribution is -2.45. The first kappa shape index (κ1) is 20.7. The van der Waals surface area contributed by atoms with Gasteiger partial charge in [-0.25, -0.2) is 4.39 Å². The van der Waals surface area contributed by atoms with Crippen LogP contribution in [0.15, 0.2) is 24.3 Å². The molecule has 8 nitrogen and oxygen atoms in total. The third-order valence-corrected chi connectivity index (χ3v) is 5.67. The standard InChI is InChI=1S/C19H22FN5O3S/c20-12-8-4-5-9-13(12)25(10-14(26)23-11-6-2-1-3-7-11)19(28)17-15(21)16(18(22)27)24-29-17/h4-5,8-9,11H,1-3,6-7,10,21H2,(H2,22,27)(H,23,26). The third-order valence-electron chi connectivity index (χ3n) is 4.82. The van der Waals surface area contributed by atoms with E-state index in [1.807, 2.05) is 0 Å². The monoisotopic (exact) mass is 419 g/mol. The Hall–Kier alpha value is -3.01. The molecule has 3 rings (SSSR count). The zero-order chi connectivity index (χ0) is 21.0. The number of aromatic nitrogens is 1. The average molecular weight is 419 g/mol. The second-order valence-electron chi connectivity index (χ2n) is 6.88. The topological polar surface area (TPSA) is 131 Å². The second kappa shape index (κ2) is 8.99. The van der Waals surface area contributed by atoms with Gasteiger partial charge in [0.05, 0.1) is 11.4 Å². The van der Waals surface area contributed by atoms with Crippen LogP contribution in [-0.2, 0) is 4.79 Å². The number of nitrogen functional groups attached to an aromatic ring is 1. The molecule has 2 aromatic rings. The normalized spacial score (nSPS) is 14.4. The molecule has 1 aliphatic carbocycles. The molecule has 1 aromatic heterocycles. The number of carbonyl (C=O) groups excluding carboxylic acids is 3. The Morgan fingerprint density at radius 1 is 1.21 bits per heavy atom. The van der Waals surface area contributed by atoms with Gasteiger partial charge in [0, 0.05) is 6.04 Å². The van der Waals surface area contributed by atoms with Gasteiger partial charge in [-0.05, 0) is 36.5 Å². The van der Waals surface area contributed by atoms with E-state index in [1.54, 1.807) is 6.07 Å². The van der Waals surface area contributed by atoms with Crippen molar-refractivity contribution in [3.63, 3.8) is 0 Å². The van der Waals surface area contributed by atoms with Gasteiger partial charge in [-0.1, -0.05) is 31.4 Å². The number of rotatable bonds is 6. The van der Waals surface area contributed by atoms with Crippen LogP contribution in [0.3, 0.4) is 0 Å². The summed E-state index contributed by atoms with van der Waals surface area (Å²) in [5.41, 5.74) is 10.6. The van der Waals surface area contributed by atoms with E-state index < -0.39 is 23.5 Å². The maximum atomic E-state index is 14.4. The van der Waals surface area contributed by atoms with Crippen LogP contribution >= 0.6 is 11.5 Å². The molecule has 5 N–H and O–H groups in total. The van der Waals surface area contributed by atoms with Crippen LogP contribution in [0.4, 0.5) is 15.8 Å². The highest BCUT2D eigenvalue weighted by molar-refractivity contribution is 7.09. The number of amides is 3. The van der Waals surface area contributed by atoms with Crippen molar-refractivity contribution in [2.75, 3.05) is 17.2 Å². The second-order valence-corrected chi connectivity index (χ2v) is 7.66. The number of hydrogen-bond donors (Lipinski definition) is 3. The highest BCUT2D eigenvalue weighted by Gasteiger charge is 2.29. The number of nitrogens with one attached hydrogen (secondary N) is 1. The fraction of sp³-hybridized carbons (Fsp3) is 0.368. The van der Waals surface area contributed by atoms with Crippen LogP contribution < -0.4 is 21.7 Å². The van der Waals surface area contributed by atoms with Gasteiger partial charge in [0.25, 0.3) is 11.8 Å². The summed E-state index contributed by atoms with van der Waals surface area (Å²) in [5.74, 6) is -2.65. The van der Waals surface area contributed by atoms with Crippen LogP contribution in [0.1, 0.15) is 52.3 Å². The molecule has 1 heterocycles. The van der Waals surface area contributed by atoms with Crippen molar-refractivity contribution in [2.24, 2.45) is 5.73 Å². The molecule has 154 valence electrons. The molecule has 0 saturated heterocycles. The lowest BCUT2D eigenvalue weighted by molar-refractivity contribution is -0.120.